The van der Waals surface area contributed by atoms with Gasteiger partial charge in [0.15, 0.2) is 0 Å². The van der Waals surface area contributed by atoms with E-state index in [0.29, 0.717) is 25.1 Å². The summed E-state index contributed by atoms with van der Waals surface area (Å²) < 4.78 is 13.1. The van der Waals surface area contributed by atoms with Gasteiger partial charge in [-0.05, 0) is 43.4 Å². The average Bonchev–Trinajstić information content (AvgIpc) is 3.46. The third-order valence-corrected chi connectivity index (χ3v) is 5.00. The molecule has 26 heavy (non-hydrogen) atoms. The monoisotopic (exact) mass is 362 g/mol. The predicted molar refractivity (Wildman–Crippen MR) is 91.6 cm³/mol. The molecule has 2 atom stereocenters. The molecule has 140 valence electrons. The van der Waals surface area contributed by atoms with Gasteiger partial charge in [-0.25, -0.2) is 4.39 Å². The van der Waals surface area contributed by atoms with Crippen molar-refractivity contribution in [1.29, 1.82) is 0 Å². The normalized spacial score (nSPS) is 21.1. The van der Waals surface area contributed by atoms with E-state index in [2.05, 4.69) is 5.32 Å². The van der Waals surface area contributed by atoms with Crippen LogP contribution in [0, 0.1) is 17.7 Å². The first kappa shape index (κ1) is 18.4. The van der Waals surface area contributed by atoms with Crippen molar-refractivity contribution in [3.63, 3.8) is 0 Å². The molecule has 0 bridgehead atoms. The van der Waals surface area contributed by atoms with Gasteiger partial charge in [0.1, 0.15) is 5.82 Å². The van der Waals surface area contributed by atoms with Crippen LogP contribution in [0.3, 0.4) is 0 Å². The molecule has 2 aliphatic rings. The first-order valence-corrected chi connectivity index (χ1v) is 9.00. The van der Waals surface area contributed by atoms with E-state index in [1.165, 1.54) is 24.3 Å². The Bertz CT molecular complexity index is 687. The Hall–Kier alpha value is -2.44. The van der Waals surface area contributed by atoms with Gasteiger partial charge in [-0.2, -0.15) is 0 Å². The number of carbonyl (C=O) groups excluding carboxylic acids is 2. The summed E-state index contributed by atoms with van der Waals surface area (Å²) in [4.78, 5) is 37.8. The molecule has 2 fully saturated rings. The molecule has 1 aliphatic heterocycles. The third-order valence-electron chi connectivity index (χ3n) is 5.00. The molecule has 1 aromatic carbocycles. The minimum absolute atomic E-state index is 0.121. The van der Waals surface area contributed by atoms with E-state index in [4.69, 9.17) is 5.11 Å². The van der Waals surface area contributed by atoms with Crippen molar-refractivity contribution in [2.24, 2.45) is 11.8 Å². The number of carboxylic acid groups (broad SMARTS) is 1. The lowest BCUT2D eigenvalue weighted by Gasteiger charge is -2.33. The number of likely N-dealkylation sites (tertiary alicyclic amines) is 1. The number of nitrogens with zero attached hydrogens (tertiary/aromatic N) is 1. The number of benzene rings is 1. The van der Waals surface area contributed by atoms with Gasteiger partial charge in [-0.3, -0.25) is 14.4 Å². The number of halogens is 1. The Morgan fingerprint density at radius 2 is 1.85 bits per heavy atom. The summed E-state index contributed by atoms with van der Waals surface area (Å²) >= 11 is 0. The van der Waals surface area contributed by atoms with Gasteiger partial charge in [0.25, 0.3) is 0 Å². The fourth-order valence-electron chi connectivity index (χ4n) is 3.39. The summed E-state index contributed by atoms with van der Waals surface area (Å²) in [6, 6.07) is 4.72. The van der Waals surface area contributed by atoms with E-state index in [9.17, 15) is 18.8 Å². The van der Waals surface area contributed by atoms with Crippen molar-refractivity contribution >= 4 is 17.8 Å². The molecular weight excluding hydrogens is 339 g/mol. The molecular formula is C19H23FN2O4. The zero-order valence-corrected chi connectivity index (χ0v) is 14.5. The number of aliphatic carboxylic acids is 1. The summed E-state index contributed by atoms with van der Waals surface area (Å²) in [7, 11) is 0. The van der Waals surface area contributed by atoms with Gasteiger partial charge in [-0.15, -0.1) is 0 Å². The second-order valence-corrected chi connectivity index (χ2v) is 7.11. The van der Waals surface area contributed by atoms with Crippen molar-refractivity contribution in [2.75, 3.05) is 13.1 Å². The molecule has 1 saturated carbocycles. The minimum Gasteiger partial charge on any atom is -0.481 e. The number of carbonyl (C=O) groups is 3. The fraction of sp³-hybridized carbons (Fsp3) is 0.526. The van der Waals surface area contributed by atoms with Crippen LogP contribution in [0.5, 0.6) is 0 Å². The maximum Gasteiger partial charge on any atom is 0.305 e. The van der Waals surface area contributed by atoms with Gasteiger partial charge in [0.05, 0.1) is 18.4 Å². The van der Waals surface area contributed by atoms with Crippen LogP contribution in [0.25, 0.3) is 0 Å². The lowest BCUT2D eigenvalue weighted by atomic mass is 9.95. The SMILES string of the molecule is O=C(O)CC(NC(=O)C1CCCN(C(=O)C2CC2)C1)c1ccc(F)cc1. The summed E-state index contributed by atoms with van der Waals surface area (Å²) in [5.74, 6) is -1.82. The number of piperidine rings is 1. The Labute approximate surface area is 151 Å². The molecule has 0 spiro atoms. The van der Waals surface area contributed by atoms with Crippen molar-refractivity contribution in [1.82, 2.24) is 10.2 Å². The minimum atomic E-state index is -1.05. The zero-order valence-electron chi connectivity index (χ0n) is 14.5. The summed E-state index contributed by atoms with van der Waals surface area (Å²) in [6.07, 6.45) is 3.00. The van der Waals surface area contributed by atoms with E-state index >= 15 is 0 Å². The van der Waals surface area contributed by atoms with E-state index in [1.807, 2.05) is 0 Å². The largest absolute Gasteiger partial charge is 0.481 e. The number of hydrogen-bond donors (Lipinski definition) is 2. The highest BCUT2D eigenvalue weighted by Crippen LogP contribution is 2.32. The molecule has 1 heterocycles. The van der Waals surface area contributed by atoms with Crippen LogP contribution in [0.15, 0.2) is 24.3 Å². The Kier molecular flexibility index (Phi) is 5.54. The molecule has 2 N–H and O–H groups in total. The number of amides is 2. The predicted octanol–water partition coefficient (Wildman–Crippen LogP) is 2.11. The summed E-state index contributed by atoms with van der Waals surface area (Å²) in [6.45, 7) is 1.06. The zero-order chi connectivity index (χ0) is 18.7. The average molecular weight is 362 g/mol. The van der Waals surface area contributed by atoms with E-state index in [-0.39, 0.29) is 30.1 Å². The van der Waals surface area contributed by atoms with E-state index < -0.39 is 17.8 Å². The van der Waals surface area contributed by atoms with Crippen LogP contribution in [-0.2, 0) is 14.4 Å². The van der Waals surface area contributed by atoms with Crippen LogP contribution >= 0.6 is 0 Å². The molecule has 2 amide bonds. The Balaban J connectivity index is 1.65. The lowest BCUT2D eigenvalue weighted by Crippen LogP contribution is -2.46. The van der Waals surface area contributed by atoms with Gasteiger partial charge in [0, 0.05) is 19.0 Å². The number of nitrogens with one attached hydrogen (secondary N) is 1. The van der Waals surface area contributed by atoms with Gasteiger partial charge in [-0.1, -0.05) is 12.1 Å². The van der Waals surface area contributed by atoms with Gasteiger partial charge >= 0.3 is 5.97 Å². The molecule has 0 aromatic heterocycles. The Morgan fingerprint density at radius 1 is 1.15 bits per heavy atom. The quantitative estimate of drug-likeness (QED) is 0.811. The smallest absolute Gasteiger partial charge is 0.305 e. The van der Waals surface area contributed by atoms with Crippen molar-refractivity contribution in [3.8, 4) is 0 Å². The maximum atomic E-state index is 13.1. The van der Waals surface area contributed by atoms with E-state index in [0.717, 1.165) is 19.3 Å². The topological polar surface area (TPSA) is 86.7 Å². The maximum absolute atomic E-state index is 13.1. The number of rotatable bonds is 6. The highest BCUT2D eigenvalue weighted by molar-refractivity contribution is 5.84. The van der Waals surface area contributed by atoms with Crippen molar-refractivity contribution < 1.29 is 23.9 Å². The van der Waals surface area contributed by atoms with Crippen LogP contribution in [0.4, 0.5) is 4.39 Å². The third kappa shape index (κ3) is 4.59. The highest BCUT2D eigenvalue weighted by Gasteiger charge is 2.37. The number of carboxylic acids is 1. The van der Waals surface area contributed by atoms with Gasteiger partial charge < -0.3 is 15.3 Å². The molecule has 0 radical (unpaired) electrons. The molecule has 2 unspecified atom stereocenters. The van der Waals surface area contributed by atoms with Crippen LogP contribution in [-0.4, -0.2) is 40.9 Å². The fourth-order valence-corrected chi connectivity index (χ4v) is 3.39. The van der Waals surface area contributed by atoms with Crippen molar-refractivity contribution in [2.45, 2.75) is 38.1 Å². The molecule has 1 aliphatic carbocycles. The first-order chi connectivity index (χ1) is 12.4. The second-order valence-electron chi connectivity index (χ2n) is 7.11. The Morgan fingerprint density at radius 3 is 2.46 bits per heavy atom. The first-order valence-electron chi connectivity index (χ1n) is 9.00. The summed E-state index contributed by atoms with van der Waals surface area (Å²) in [5, 5.41) is 11.9. The highest BCUT2D eigenvalue weighted by atomic mass is 19.1. The van der Waals surface area contributed by atoms with Crippen LogP contribution < -0.4 is 5.32 Å². The van der Waals surface area contributed by atoms with Crippen LogP contribution in [0.1, 0.15) is 43.7 Å². The molecule has 6 nitrogen and oxygen atoms in total. The molecule has 3 rings (SSSR count). The standard InChI is InChI=1S/C19H23FN2O4/c20-15-7-5-12(6-8-15)16(10-17(23)24)21-18(25)14-2-1-9-22(11-14)19(26)13-3-4-13/h5-8,13-14,16H,1-4,9-11H2,(H,21,25)(H,23,24). The number of hydrogen-bond acceptors (Lipinski definition) is 3. The van der Waals surface area contributed by atoms with Gasteiger partial charge in [0.2, 0.25) is 11.8 Å². The lowest BCUT2D eigenvalue weighted by molar-refractivity contribution is -0.138. The molecule has 1 saturated heterocycles. The van der Waals surface area contributed by atoms with Crippen LogP contribution in [0.2, 0.25) is 0 Å². The summed E-state index contributed by atoms with van der Waals surface area (Å²) in [5.41, 5.74) is 0.545. The molecule has 1 aromatic rings. The molecule has 7 heteroatoms. The van der Waals surface area contributed by atoms with Crippen molar-refractivity contribution in [3.05, 3.63) is 35.6 Å². The second kappa shape index (κ2) is 7.85. The van der Waals surface area contributed by atoms with E-state index in [1.54, 1.807) is 4.90 Å².